The molecule has 3 heterocycles. The molecule has 1 aromatic carbocycles. The Labute approximate surface area is 158 Å². The molecule has 0 N–H and O–H groups in total. The number of thioether (sulfide) groups is 1. The van der Waals surface area contributed by atoms with E-state index in [-0.39, 0.29) is 10.7 Å². The summed E-state index contributed by atoms with van der Waals surface area (Å²) in [6, 6.07) is 5.69. The molecule has 0 saturated carbocycles. The van der Waals surface area contributed by atoms with Crippen LogP contribution in [0, 0.1) is 5.92 Å². The predicted molar refractivity (Wildman–Crippen MR) is 99.4 cm³/mol. The van der Waals surface area contributed by atoms with E-state index in [1.54, 1.807) is 17.8 Å². The molecule has 3 aliphatic rings. The van der Waals surface area contributed by atoms with Gasteiger partial charge in [0.15, 0.2) is 0 Å². The van der Waals surface area contributed by atoms with Crippen molar-refractivity contribution in [2.24, 2.45) is 5.92 Å². The summed E-state index contributed by atoms with van der Waals surface area (Å²) in [4.78, 5) is 28.1. The fraction of sp³-hybridized carbons (Fsp3) is 0.600. The summed E-state index contributed by atoms with van der Waals surface area (Å²) in [7, 11) is 1.40. The van der Waals surface area contributed by atoms with Crippen molar-refractivity contribution < 1.29 is 19.1 Å². The third-order valence-corrected chi connectivity index (χ3v) is 7.46. The number of hydrogen-bond acceptors (Lipinski definition) is 5. The second kappa shape index (κ2) is 7.24. The molecule has 2 saturated heterocycles. The second-order valence-corrected chi connectivity index (χ2v) is 8.89. The van der Waals surface area contributed by atoms with Crippen molar-refractivity contribution in [3.8, 4) is 0 Å². The van der Waals surface area contributed by atoms with E-state index in [1.807, 2.05) is 12.1 Å². The number of likely N-dealkylation sites (tertiary alicyclic amines) is 1. The lowest BCUT2D eigenvalue weighted by molar-refractivity contribution is -0.130. The van der Waals surface area contributed by atoms with Crippen molar-refractivity contribution in [1.82, 2.24) is 4.90 Å². The molecule has 26 heavy (non-hydrogen) atoms. The van der Waals surface area contributed by atoms with Crippen LogP contribution < -0.4 is 0 Å². The molecule has 1 aromatic rings. The molecular formula is C20H25NO4S. The zero-order valence-electron chi connectivity index (χ0n) is 15.2. The van der Waals surface area contributed by atoms with Crippen molar-refractivity contribution in [2.45, 2.75) is 41.7 Å². The summed E-state index contributed by atoms with van der Waals surface area (Å²) in [6.45, 7) is 3.38. The first kappa shape index (κ1) is 17.9. The third kappa shape index (κ3) is 3.25. The van der Waals surface area contributed by atoms with Gasteiger partial charge < -0.3 is 14.4 Å². The molecular weight excluding hydrogens is 350 g/mol. The Hall–Kier alpha value is -1.53. The van der Waals surface area contributed by atoms with Gasteiger partial charge in [0.2, 0.25) is 5.91 Å². The number of hydrogen-bond donors (Lipinski definition) is 0. The van der Waals surface area contributed by atoms with Crippen LogP contribution in [0.3, 0.4) is 0 Å². The molecule has 5 nitrogen and oxygen atoms in total. The number of benzene rings is 1. The quantitative estimate of drug-likeness (QED) is 0.761. The van der Waals surface area contributed by atoms with E-state index in [0.29, 0.717) is 17.4 Å². The zero-order valence-corrected chi connectivity index (χ0v) is 16.0. The number of fused-ring (bicyclic) bond motifs is 1. The van der Waals surface area contributed by atoms with Gasteiger partial charge in [0, 0.05) is 31.2 Å². The van der Waals surface area contributed by atoms with Crippen LogP contribution in [0.4, 0.5) is 0 Å². The van der Waals surface area contributed by atoms with Gasteiger partial charge in [0.25, 0.3) is 0 Å². The highest BCUT2D eigenvalue weighted by Crippen LogP contribution is 2.49. The van der Waals surface area contributed by atoms with Crippen LogP contribution in [0.25, 0.3) is 0 Å². The lowest BCUT2D eigenvalue weighted by Crippen LogP contribution is -2.41. The Kier molecular flexibility index (Phi) is 4.97. The van der Waals surface area contributed by atoms with Gasteiger partial charge in [0.1, 0.15) is 4.75 Å². The first-order chi connectivity index (χ1) is 12.6. The number of methoxy groups -OCH3 is 1. The summed E-state index contributed by atoms with van der Waals surface area (Å²) in [5, 5.41) is 0. The van der Waals surface area contributed by atoms with Gasteiger partial charge in [-0.25, -0.2) is 4.79 Å². The maximum atomic E-state index is 13.2. The molecule has 3 aliphatic heterocycles. The van der Waals surface area contributed by atoms with Gasteiger partial charge in [-0.3, -0.25) is 4.79 Å². The summed E-state index contributed by atoms with van der Waals surface area (Å²) in [5.41, 5.74) is 1.74. The normalized spacial score (nSPS) is 26.2. The van der Waals surface area contributed by atoms with Crippen LogP contribution >= 0.6 is 11.8 Å². The van der Waals surface area contributed by atoms with Crippen molar-refractivity contribution in [3.05, 3.63) is 29.3 Å². The van der Waals surface area contributed by atoms with Crippen LogP contribution in [-0.2, 0) is 20.7 Å². The molecule has 0 radical (unpaired) electrons. The smallest absolute Gasteiger partial charge is 0.337 e. The first-order valence-corrected chi connectivity index (χ1v) is 10.2. The molecule has 1 unspecified atom stereocenters. The van der Waals surface area contributed by atoms with Crippen molar-refractivity contribution >= 4 is 23.6 Å². The SMILES string of the molecule is COC(=O)c1ccc2c(c1)CCC1(CCN(CC3CCOCC3)C1=O)S2. The van der Waals surface area contributed by atoms with Crippen LogP contribution in [0.15, 0.2) is 23.1 Å². The minimum Gasteiger partial charge on any atom is -0.465 e. The topological polar surface area (TPSA) is 55.8 Å². The number of nitrogens with zero attached hydrogens (tertiary/aromatic N) is 1. The minimum absolute atomic E-state index is 0.302. The fourth-order valence-corrected chi connectivity index (χ4v) is 5.73. The van der Waals surface area contributed by atoms with E-state index in [4.69, 9.17) is 9.47 Å². The second-order valence-electron chi connectivity index (χ2n) is 7.47. The molecule has 0 aliphatic carbocycles. The fourth-order valence-electron chi connectivity index (χ4n) is 4.27. The lowest BCUT2D eigenvalue weighted by atomic mass is 9.95. The molecule has 1 spiro atoms. The van der Waals surface area contributed by atoms with Crippen molar-refractivity contribution in [1.29, 1.82) is 0 Å². The van der Waals surface area contributed by atoms with Gasteiger partial charge in [-0.05, 0) is 61.8 Å². The predicted octanol–water partition coefficient (Wildman–Crippen LogP) is 2.91. The standard InChI is InChI=1S/C20H25NO4S/c1-24-18(22)16-2-3-17-15(12-16)4-7-20(26-17)8-9-21(19(20)23)13-14-5-10-25-11-6-14/h2-3,12,14H,4-11,13H2,1H3. The first-order valence-electron chi connectivity index (χ1n) is 9.39. The van der Waals surface area contributed by atoms with E-state index in [0.717, 1.165) is 68.9 Å². The molecule has 1 amide bonds. The highest BCUT2D eigenvalue weighted by Gasteiger charge is 2.49. The molecule has 140 valence electrons. The zero-order chi connectivity index (χ0) is 18.1. The molecule has 4 rings (SSSR count). The summed E-state index contributed by atoms with van der Waals surface area (Å²) in [5.74, 6) is 0.570. The van der Waals surface area contributed by atoms with Gasteiger partial charge in [-0.15, -0.1) is 11.8 Å². The van der Waals surface area contributed by atoms with Crippen molar-refractivity contribution in [2.75, 3.05) is 33.4 Å². The Balaban J connectivity index is 1.47. The number of esters is 1. The van der Waals surface area contributed by atoms with E-state index in [9.17, 15) is 9.59 Å². The molecule has 0 aromatic heterocycles. The number of rotatable bonds is 3. The molecule has 2 fully saturated rings. The minimum atomic E-state index is -0.315. The summed E-state index contributed by atoms with van der Waals surface area (Å²) >= 11 is 1.70. The largest absolute Gasteiger partial charge is 0.465 e. The van der Waals surface area contributed by atoms with Gasteiger partial charge in [-0.1, -0.05) is 0 Å². The summed E-state index contributed by atoms with van der Waals surface area (Å²) in [6.07, 6.45) is 4.71. The number of amides is 1. The Morgan fingerprint density at radius 2 is 2.15 bits per heavy atom. The number of carbonyl (C=O) groups is 2. The molecule has 0 bridgehead atoms. The average molecular weight is 375 g/mol. The average Bonchev–Trinajstić information content (AvgIpc) is 2.97. The van der Waals surface area contributed by atoms with Crippen molar-refractivity contribution in [3.63, 3.8) is 0 Å². The van der Waals surface area contributed by atoms with Crippen LogP contribution in [-0.4, -0.2) is 54.9 Å². The van der Waals surface area contributed by atoms with Crippen LogP contribution in [0.2, 0.25) is 0 Å². The Morgan fingerprint density at radius 3 is 2.92 bits per heavy atom. The number of carbonyl (C=O) groups excluding carboxylic acids is 2. The highest BCUT2D eigenvalue weighted by atomic mass is 32.2. The van der Waals surface area contributed by atoms with E-state index in [1.165, 1.54) is 7.11 Å². The molecule has 1 atom stereocenters. The van der Waals surface area contributed by atoms with Crippen LogP contribution in [0.5, 0.6) is 0 Å². The lowest BCUT2D eigenvalue weighted by Gasteiger charge is -2.33. The van der Waals surface area contributed by atoms with E-state index < -0.39 is 0 Å². The maximum Gasteiger partial charge on any atom is 0.337 e. The summed E-state index contributed by atoms with van der Waals surface area (Å²) < 4.78 is 9.93. The van der Waals surface area contributed by atoms with Gasteiger partial charge in [-0.2, -0.15) is 0 Å². The number of ether oxygens (including phenoxy) is 2. The third-order valence-electron chi connectivity index (χ3n) is 5.87. The Morgan fingerprint density at radius 1 is 1.35 bits per heavy atom. The van der Waals surface area contributed by atoms with Crippen LogP contribution in [0.1, 0.15) is 41.6 Å². The van der Waals surface area contributed by atoms with E-state index >= 15 is 0 Å². The maximum absolute atomic E-state index is 13.2. The number of aryl methyl sites for hydroxylation is 1. The van der Waals surface area contributed by atoms with Gasteiger partial charge in [0.05, 0.1) is 12.7 Å². The monoisotopic (exact) mass is 375 g/mol. The van der Waals surface area contributed by atoms with E-state index in [2.05, 4.69) is 4.90 Å². The Bertz CT molecular complexity index is 716. The van der Waals surface area contributed by atoms with Gasteiger partial charge >= 0.3 is 5.97 Å². The molecule has 6 heteroatoms. The highest BCUT2D eigenvalue weighted by molar-refractivity contribution is 8.01.